The van der Waals surface area contributed by atoms with Crippen LogP contribution in [0.15, 0.2) is 41.4 Å². The Labute approximate surface area is 141 Å². The molecule has 6 nitrogen and oxygen atoms in total. The Balaban J connectivity index is 0.00000192. The SMILES string of the molecule is C=CCOc1ccccc1-c1nc(C2CNCCN2C)no1.Cl. The number of piperazine rings is 1. The number of nitrogens with one attached hydrogen (secondary N) is 1. The van der Waals surface area contributed by atoms with Crippen molar-refractivity contribution in [1.82, 2.24) is 20.4 Å². The highest BCUT2D eigenvalue weighted by Crippen LogP contribution is 2.30. The van der Waals surface area contributed by atoms with E-state index in [2.05, 4.69) is 34.0 Å². The predicted molar refractivity (Wildman–Crippen MR) is 90.9 cm³/mol. The van der Waals surface area contributed by atoms with E-state index in [1.165, 1.54) is 0 Å². The molecule has 0 spiro atoms. The average Bonchev–Trinajstić information content (AvgIpc) is 3.03. The fourth-order valence-corrected chi connectivity index (χ4v) is 2.49. The van der Waals surface area contributed by atoms with E-state index in [0.717, 1.165) is 25.2 Å². The second-order valence-electron chi connectivity index (χ2n) is 5.25. The Bertz CT molecular complexity index is 647. The summed E-state index contributed by atoms with van der Waals surface area (Å²) >= 11 is 0. The van der Waals surface area contributed by atoms with Gasteiger partial charge in [-0.2, -0.15) is 4.98 Å². The molecule has 1 saturated heterocycles. The summed E-state index contributed by atoms with van der Waals surface area (Å²) in [4.78, 5) is 6.79. The van der Waals surface area contributed by atoms with Crippen molar-refractivity contribution < 1.29 is 9.26 Å². The van der Waals surface area contributed by atoms with Crippen LogP contribution in [0.5, 0.6) is 5.75 Å². The van der Waals surface area contributed by atoms with E-state index in [4.69, 9.17) is 9.26 Å². The van der Waals surface area contributed by atoms with Gasteiger partial charge in [0.05, 0.1) is 11.6 Å². The number of halogens is 1. The fourth-order valence-electron chi connectivity index (χ4n) is 2.49. The normalized spacial score (nSPS) is 18.2. The molecule has 1 aromatic carbocycles. The van der Waals surface area contributed by atoms with Crippen LogP contribution in [0.4, 0.5) is 0 Å². The Kier molecular flexibility index (Phi) is 6.15. The first-order valence-electron chi connectivity index (χ1n) is 7.37. The van der Waals surface area contributed by atoms with Gasteiger partial charge in [0.25, 0.3) is 5.89 Å². The summed E-state index contributed by atoms with van der Waals surface area (Å²) in [6, 6.07) is 7.77. The van der Waals surface area contributed by atoms with E-state index < -0.39 is 0 Å². The molecule has 2 heterocycles. The van der Waals surface area contributed by atoms with E-state index in [1.54, 1.807) is 6.08 Å². The van der Waals surface area contributed by atoms with Crippen LogP contribution >= 0.6 is 12.4 Å². The summed E-state index contributed by atoms with van der Waals surface area (Å²) in [5.41, 5.74) is 0.800. The Morgan fingerprint density at radius 2 is 2.30 bits per heavy atom. The van der Waals surface area contributed by atoms with Crippen molar-refractivity contribution in [3.8, 4) is 17.2 Å². The standard InChI is InChI=1S/C16H20N4O2.ClH/c1-3-10-21-14-7-5-4-6-12(14)16-18-15(19-22-16)13-11-17-8-9-20(13)2;/h3-7,13,17H,1,8-11H2,2H3;1H. The van der Waals surface area contributed by atoms with E-state index in [0.29, 0.717) is 24.1 Å². The summed E-state index contributed by atoms with van der Waals surface area (Å²) in [5.74, 6) is 1.89. The maximum absolute atomic E-state index is 5.65. The van der Waals surface area contributed by atoms with Crippen molar-refractivity contribution in [3.63, 3.8) is 0 Å². The molecule has 0 amide bonds. The molecule has 1 aliphatic rings. The van der Waals surface area contributed by atoms with Crippen LogP contribution in [0.2, 0.25) is 0 Å². The third-order valence-electron chi connectivity index (χ3n) is 3.72. The molecule has 0 saturated carbocycles. The van der Waals surface area contributed by atoms with E-state index in [1.807, 2.05) is 24.3 Å². The van der Waals surface area contributed by atoms with Crippen molar-refractivity contribution in [2.75, 3.05) is 33.3 Å². The van der Waals surface area contributed by atoms with Crippen LogP contribution in [-0.2, 0) is 0 Å². The largest absolute Gasteiger partial charge is 0.489 e. The van der Waals surface area contributed by atoms with Crippen molar-refractivity contribution in [1.29, 1.82) is 0 Å². The molecule has 0 aliphatic carbocycles. The zero-order chi connectivity index (χ0) is 15.4. The van der Waals surface area contributed by atoms with Gasteiger partial charge in [-0.05, 0) is 19.2 Å². The van der Waals surface area contributed by atoms with Gasteiger partial charge in [-0.15, -0.1) is 12.4 Å². The monoisotopic (exact) mass is 336 g/mol. The van der Waals surface area contributed by atoms with Gasteiger partial charge in [-0.1, -0.05) is 29.9 Å². The molecule has 1 N–H and O–H groups in total. The van der Waals surface area contributed by atoms with Crippen LogP contribution in [0.25, 0.3) is 11.5 Å². The Hall–Kier alpha value is -1.89. The van der Waals surface area contributed by atoms with Gasteiger partial charge in [0.2, 0.25) is 0 Å². The molecule has 0 radical (unpaired) electrons. The van der Waals surface area contributed by atoms with Gasteiger partial charge in [0, 0.05) is 19.6 Å². The Morgan fingerprint density at radius 1 is 1.48 bits per heavy atom. The number of hydrogen-bond donors (Lipinski definition) is 1. The molecule has 124 valence electrons. The molecular weight excluding hydrogens is 316 g/mol. The molecule has 1 unspecified atom stereocenters. The van der Waals surface area contributed by atoms with Gasteiger partial charge in [-0.3, -0.25) is 4.90 Å². The number of likely N-dealkylation sites (N-methyl/N-ethyl adjacent to an activating group) is 1. The van der Waals surface area contributed by atoms with Crippen molar-refractivity contribution in [2.24, 2.45) is 0 Å². The fraction of sp³-hybridized carbons (Fsp3) is 0.375. The minimum absolute atomic E-state index is 0. The number of hydrogen-bond acceptors (Lipinski definition) is 6. The highest BCUT2D eigenvalue weighted by molar-refractivity contribution is 5.85. The molecule has 0 bridgehead atoms. The summed E-state index contributed by atoms with van der Waals surface area (Å²) in [7, 11) is 2.07. The number of nitrogens with zero attached hydrogens (tertiary/aromatic N) is 3. The lowest BCUT2D eigenvalue weighted by atomic mass is 10.2. The topological polar surface area (TPSA) is 63.4 Å². The number of aromatic nitrogens is 2. The summed E-state index contributed by atoms with van der Waals surface area (Å²) < 4.78 is 11.1. The van der Waals surface area contributed by atoms with Crippen LogP contribution in [0.3, 0.4) is 0 Å². The van der Waals surface area contributed by atoms with E-state index >= 15 is 0 Å². The van der Waals surface area contributed by atoms with E-state index in [9.17, 15) is 0 Å². The van der Waals surface area contributed by atoms with Gasteiger partial charge in [0.1, 0.15) is 12.4 Å². The first-order valence-corrected chi connectivity index (χ1v) is 7.37. The lowest BCUT2D eigenvalue weighted by molar-refractivity contribution is 0.190. The number of rotatable bonds is 5. The number of para-hydroxylation sites is 1. The highest BCUT2D eigenvalue weighted by atomic mass is 35.5. The highest BCUT2D eigenvalue weighted by Gasteiger charge is 2.26. The molecular formula is C16H21ClN4O2. The van der Waals surface area contributed by atoms with Crippen LogP contribution in [0, 0.1) is 0 Å². The first kappa shape index (κ1) is 17.5. The van der Waals surface area contributed by atoms with Crippen molar-refractivity contribution in [2.45, 2.75) is 6.04 Å². The summed E-state index contributed by atoms with van der Waals surface area (Å²) in [6.45, 7) is 6.87. The first-order chi connectivity index (χ1) is 10.8. The smallest absolute Gasteiger partial charge is 0.261 e. The van der Waals surface area contributed by atoms with Gasteiger partial charge >= 0.3 is 0 Å². The van der Waals surface area contributed by atoms with E-state index in [-0.39, 0.29) is 18.4 Å². The van der Waals surface area contributed by atoms with Crippen molar-refractivity contribution in [3.05, 3.63) is 42.7 Å². The summed E-state index contributed by atoms with van der Waals surface area (Å²) in [6.07, 6.45) is 1.71. The maximum atomic E-state index is 5.65. The Morgan fingerprint density at radius 3 is 3.09 bits per heavy atom. The van der Waals surface area contributed by atoms with Gasteiger partial charge in [-0.25, -0.2) is 0 Å². The molecule has 23 heavy (non-hydrogen) atoms. The van der Waals surface area contributed by atoms with Crippen LogP contribution in [-0.4, -0.2) is 48.3 Å². The average molecular weight is 337 g/mol. The zero-order valence-electron chi connectivity index (χ0n) is 13.1. The zero-order valence-corrected chi connectivity index (χ0v) is 13.9. The van der Waals surface area contributed by atoms with Crippen molar-refractivity contribution >= 4 is 12.4 Å². The molecule has 1 aromatic heterocycles. The minimum atomic E-state index is 0. The lowest BCUT2D eigenvalue weighted by Crippen LogP contribution is -2.44. The minimum Gasteiger partial charge on any atom is -0.489 e. The molecule has 1 fully saturated rings. The lowest BCUT2D eigenvalue weighted by Gasteiger charge is -2.30. The number of benzene rings is 1. The molecule has 7 heteroatoms. The second kappa shape index (κ2) is 8.10. The third kappa shape index (κ3) is 3.90. The predicted octanol–water partition coefficient (Wildman–Crippen LogP) is 2.30. The maximum Gasteiger partial charge on any atom is 0.261 e. The van der Waals surface area contributed by atoms with Gasteiger partial charge in [0.15, 0.2) is 5.82 Å². The second-order valence-corrected chi connectivity index (χ2v) is 5.25. The third-order valence-corrected chi connectivity index (χ3v) is 3.72. The molecule has 1 atom stereocenters. The molecule has 2 aromatic rings. The number of ether oxygens (including phenoxy) is 1. The molecule has 3 rings (SSSR count). The quantitative estimate of drug-likeness (QED) is 0.845. The molecule has 1 aliphatic heterocycles. The van der Waals surface area contributed by atoms with Crippen LogP contribution < -0.4 is 10.1 Å². The summed E-state index contributed by atoms with van der Waals surface area (Å²) in [5, 5.41) is 7.50. The van der Waals surface area contributed by atoms with Gasteiger partial charge < -0.3 is 14.6 Å². The van der Waals surface area contributed by atoms with Crippen LogP contribution in [0.1, 0.15) is 11.9 Å².